The molecule has 3 nitrogen and oxygen atoms in total. The van der Waals surface area contributed by atoms with E-state index in [9.17, 15) is 0 Å². The van der Waals surface area contributed by atoms with Crippen LogP contribution in [0.25, 0.3) is 10.7 Å². The van der Waals surface area contributed by atoms with Crippen LogP contribution in [0.1, 0.15) is 35.0 Å². The standard InChI is InChI=1S/C14H13N3S2/c1-3-10(9-6-8-19-11(9)4-1)13-15-14(17-16-13)12-5-2-7-18-12/h2,5-8,10H,1,3-4H2,(H,15,16,17). The lowest BCUT2D eigenvalue weighted by molar-refractivity contribution is 0.600. The van der Waals surface area contributed by atoms with Gasteiger partial charge in [-0.2, -0.15) is 5.10 Å². The minimum Gasteiger partial charge on any atom is -0.262 e. The van der Waals surface area contributed by atoms with Gasteiger partial charge in [-0.25, -0.2) is 4.98 Å². The summed E-state index contributed by atoms with van der Waals surface area (Å²) in [5.41, 5.74) is 1.45. The largest absolute Gasteiger partial charge is 0.262 e. The van der Waals surface area contributed by atoms with Gasteiger partial charge in [0.15, 0.2) is 5.82 Å². The fourth-order valence-electron chi connectivity index (χ4n) is 2.72. The summed E-state index contributed by atoms with van der Waals surface area (Å²) in [5.74, 6) is 2.24. The summed E-state index contributed by atoms with van der Waals surface area (Å²) in [6, 6.07) is 6.35. The molecule has 0 radical (unpaired) electrons. The van der Waals surface area contributed by atoms with Crippen molar-refractivity contribution in [3.05, 3.63) is 45.2 Å². The highest BCUT2D eigenvalue weighted by Gasteiger charge is 2.25. The molecule has 1 aliphatic carbocycles. The molecule has 0 saturated heterocycles. The van der Waals surface area contributed by atoms with Crippen LogP contribution in [0.3, 0.4) is 0 Å². The van der Waals surface area contributed by atoms with Gasteiger partial charge in [0.25, 0.3) is 0 Å². The Morgan fingerprint density at radius 3 is 3.11 bits per heavy atom. The zero-order valence-electron chi connectivity index (χ0n) is 10.3. The molecule has 5 heteroatoms. The molecule has 1 atom stereocenters. The Kier molecular flexibility index (Phi) is 2.74. The third-order valence-electron chi connectivity index (χ3n) is 3.63. The van der Waals surface area contributed by atoms with Gasteiger partial charge in [-0.1, -0.05) is 6.07 Å². The van der Waals surface area contributed by atoms with E-state index in [4.69, 9.17) is 4.98 Å². The summed E-state index contributed by atoms with van der Waals surface area (Å²) in [6.45, 7) is 0. The molecule has 0 amide bonds. The van der Waals surface area contributed by atoms with Crippen molar-refractivity contribution < 1.29 is 0 Å². The smallest absolute Gasteiger partial charge is 0.191 e. The highest BCUT2D eigenvalue weighted by Crippen LogP contribution is 2.38. The minimum absolute atomic E-state index is 0.399. The monoisotopic (exact) mass is 287 g/mol. The molecular formula is C14H13N3S2. The number of aromatic amines is 1. The molecule has 96 valence electrons. The fourth-order valence-corrected chi connectivity index (χ4v) is 4.36. The molecule has 1 unspecified atom stereocenters. The maximum atomic E-state index is 4.70. The summed E-state index contributed by atoms with van der Waals surface area (Å²) < 4.78 is 0. The van der Waals surface area contributed by atoms with Crippen molar-refractivity contribution in [3.8, 4) is 10.7 Å². The number of aryl methyl sites for hydroxylation is 1. The van der Waals surface area contributed by atoms with Crippen LogP contribution in [0.5, 0.6) is 0 Å². The van der Waals surface area contributed by atoms with Crippen LogP contribution in [0.4, 0.5) is 0 Å². The Morgan fingerprint density at radius 1 is 1.21 bits per heavy atom. The number of nitrogens with zero attached hydrogens (tertiary/aromatic N) is 2. The van der Waals surface area contributed by atoms with Gasteiger partial charge >= 0.3 is 0 Å². The van der Waals surface area contributed by atoms with E-state index in [1.54, 1.807) is 11.3 Å². The molecule has 3 aromatic rings. The Morgan fingerprint density at radius 2 is 2.21 bits per heavy atom. The van der Waals surface area contributed by atoms with Crippen LogP contribution in [-0.4, -0.2) is 15.2 Å². The first kappa shape index (κ1) is 11.4. The lowest BCUT2D eigenvalue weighted by atomic mass is 9.87. The third-order valence-corrected chi connectivity index (χ3v) is 5.49. The first-order chi connectivity index (χ1) is 9.42. The predicted octanol–water partition coefficient (Wildman–Crippen LogP) is 4.06. The second-order valence-corrected chi connectivity index (χ2v) is 6.71. The minimum atomic E-state index is 0.399. The molecule has 3 aromatic heterocycles. The van der Waals surface area contributed by atoms with Crippen LogP contribution in [-0.2, 0) is 6.42 Å². The van der Waals surface area contributed by atoms with Gasteiger partial charge in [-0.05, 0) is 47.7 Å². The number of rotatable bonds is 2. The van der Waals surface area contributed by atoms with Crippen molar-refractivity contribution in [2.24, 2.45) is 0 Å². The molecule has 1 aliphatic rings. The molecule has 0 spiro atoms. The number of nitrogens with one attached hydrogen (secondary N) is 1. The van der Waals surface area contributed by atoms with E-state index in [1.807, 2.05) is 17.4 Å². The van der Waals surface area contributed by atoms with Gasteiger partial charge in [0.2, 0.25) is 0 Å². The van der Waals surface area contributed by atoms with E-state index in [2.05, 4.69) is 33.1 Å². The SMILES string of the molecule is c1csc(-c2n[nH]c(C3CCCc4sccc43)n2)c1. The van der Waals surface area contributed by atoms with E-state index in [0.29, 0.717) is 5.92 Å². The average molecular weight is 287 g/mol. The second kappa shape index (κ2) is 4.58. The zero-order chi connectivity index (χ0) is 12.7. The number of hydrogen-bond donors (Lipinski definition) is 1. The Hall–Kier alpha value is -1.46. The van der Waals surface area contributed by atoms with E-state index in [1.165, 1.54) is 29.7 Å². The van der Waals surface area contributed by atoms with E-state index in [-0.39, 0.29) is 0 Å². The first-order valence-corrected chi connectivity index (χ1v) is 8.20. The molecule has 19 heavy (non-hydrogen) atoms. The molecule has 0 fully saturated rings. The van der Waals surface area contributed by atoms with Crippen molar-refractivity contribution in [2.75, 3.05) is 0 Å². The zero-order valence-corrected chi connectivity index (χ0v) is 11.9. The van der Waals surface area contributed by atoms with Crippen molar-refractivity contribution in [3.63, 3.8) is 0 Å². The summed E-state index contributed by atoms with van der Waals surface area (Å²) in [7, 11) is 0. The van der Waals surface area contributed by atoms with Crippen LogP contribution in [0.15, 0.2) is 29.0 Å². The van der Waals surface area contributed by atoms with Crippen LogP contribution in [0, 0.1) is 0 Å². The number of hydrogen-bond acceptors (Lipinski definition) is 4. The molecule has 0 saturated carbocycles. The fraction of sp³-hybridized carbons (Fsp3) is 0.286. The maximum absolute atomic E-state index is 4.70. The second-order valence-electron chi connectivity index (χ2n) is 4.77. The molecular weight excluding hydrogens is 274 g/mol. The Bertz CT molecular complexity index is 681. The average Bonchev–Trinajstić information content (AvgIpc) is 3.18. The van der Waals surface area contributed by atoms with Gasteiger partial charge in [0.05, 0.1) is 4.88 Å². The lowest BCUT2D eigenvalue weighted by Crippen LogP contribution is -2.09. The summed E-state index contributed by atoms with van der Waals surface area (Å²) in [5, 5.41) is 11.8. The molecule has 1 N–H and O–H groups in total. The summed E-state index contributed by atoms with van der Waals surface area (Å²) in [4.78, 5) is 7.35. The number of fused-ring (bicyclic) bond motifs is 1. The van der Waals surface area contributed by atoms with E-state index < -0.39 is 0 Å². The highest BCUT2D eigenvalue weighted by atomic mass is 32.1. The van der Waals surface area contributed by atoms with Crippen LogP contribution >= 0.6 is 22.7 Å². The van der Waals surface area contributed by atoms with Crippen molar-refractivity contribution in [1.29, 1.82) is 0 Å². The van der Waals surface area contributed by atoms with Gasteiger partial charge in [-0.3, -0.25) is 5.10 Å². The molecule has 4 rings (SSSR count). The van der Waals surface area contributed by atoms with Gasteiger partial charge in [-0.15, -0.1) is 22.7 Å². The van der Waals surface area contributed by atoms with E-state index in [0.717, 1.165) is 16.5 Å². The molecule has 0 bridgehead atoms. The number of thiophene rings is 2. The normalized spacial score (nSPS) is 18.4. The van der Waals surface area contributed by atoms with Crippen molar-refractivity contribution >= 4 is 22.7 Å². The van der Waals surface area contributed by atoms with Crippen LogP contribution in [0.2, 0.25) is 0 Å². The quantitative estimate of drug-likeness (QED) is 0.772. The molecule has 0 aliphatic heterocycles. The molecule has 0 aromatic carbocycles. The van der Waals surface area contributed by atoms with Gasteiger partial charge < -0.3 is 0 Å². The van der Waals surface area contributed by atoms with Crippen molar-refractivity contribution in [2.45, 2.75) is 25.2 Å². The van der Waals surface area contributed by atoms with Gasteiger partial charge in [0.1, 0.15) is 5.82 Å². The van der Waals surface area contributed by atoms with E-state index >= 15 is 0 Å². The predicted molar refractivity (Wildman–Crippen MR) is 78.8 cm³/mol. The lowest BCUT2D eigenvalue weighted by Gasteiger charge is -2.20. The topological polar surface area (TPSA) is 41.6 Å². The third kappa shape index (κ3) is 1.93. The summed E-state index contributed by atoms with van der Waals surface area (Å²) >= 11 is 3.55. The molecule has 3 heterocycles. The highest BCUT2D eigenvalue weighted by molar-refractivity contribution is 7.13. The number of H-pyrrole nitrogens is 1. The first-order valence-electron chi connectivity index (χ1n) is 6.44. The maximum Gasteiger partial charge on any atom is 0.191 e. The Balaban J connectivity index is 1.71. The van der Waals surface area contributed by atoms with Crippen LogP contribution < -0.4 is 0 Å². The summed E-state index contributed by atoms with van der Waals surface area (Å²) in [6.07, 6.45) is 3.63. The van der Waals surface area contributed by atoms with Gasteiger partial charge in [0, 0.05) is 10.8 Å². The Labute approximate surface area is 119 Å². The van der Waals surface area contributed by atoms with Crippen molar-refractivity contribution in [1.82, 2.24) is 15.2 Å². The number of aromatic nitrogens is 3.